The molecule has 26 heavy (non-hydrogen) atoms. The van der Waals surface area contributed by atoms with Crippen LogP contribution < -0.4 is 11.0 Å². The molecule has 3 rings (SSSR count). The second-order valence-corrected chi connectivity index (χ2v) is 9.23. The van der Waals surface area contributed by atoms with Gasteiger partial charge < -0.3 is 5.32 Å². The molecule has 8 heteroatoms. The first-order valence-electron chi connectivity index (χ1n) is 8.84. The molecule has 140 valence electrons. The molecule has 0 bridgehead atoms. The molecule has 2 aromatic rings. The molecule has 1 N–H and O–H groups in total. The molecule has 1 aliphatic carbocycles. The highest BCUT2D eigenvalue weighted by atomic mass is 32.2. The van der Waals surface area contributed by atoms with Crippen molar-refractivity contribution in [1.29, 1.82) is 0 Å². The van der Waals surface area contributed by atoms with Crippen molar-refractivity contribution < 1.29 is 4.79 Å². The second-order valence-electron chi connectivity index (χ2n) is 6.82. The zero-order valence-corrected chi connectivity index (χ0v) is 17.0. The highest BCUT2D eigenvalue weighted by molar-refractivity contribution is 8.01. The van der Waals surface area contributed by atoms with Gasteiger partial charge in [0.05, 0.1) is 0 Å². The third kappa shape index (κ3) is 4.94. The number of rotatable bonds is 5. The number of nitrogens with zero attached hydrogens (tertiary/aromatic N) is 3. The SMILES string of the molecule is Cc1csc(SC2CCC(NC(=O)Cn3c(C)cc(C)nc3=O)CC2)n1. The number of carbonyl (C=O) groups excluding carboxylic acids is 1. The van der Waals surface area contributed by atoms with Gasteiger partial charge in [-0.05, 0) is 52.5 Å². The molecule has 2 heterocycles. The first kappa shape index (κ1) is 19.1. The van der Waals surface area contributed by atoms with E-state index >= 15 is 0 Å². The van der Waals surface area contributed by atoms with Gasteiger partial charge in [0.2, 0.25) is 5.91 Å². The Morgan fingerprint density at radius 3 is 2.58 bits per heavy atom. The minimum Gasteiger partial charge on any atom is -0.352 e. The van der Waals surface area contributed by atoms with Gasteiger partial charge in [-0.3, -0.25) is 9.36 Å². The van der Waals surface area contributed by atoms with Crippen molar-refractivity contribution in [2.75, 3.05) is 0 Å². The molecule has 1 fully saturated rings. The molecule has 1 saturated carbocycles. The molecule has 0 aliphatic heterocycles. The molecule has 1 aliphatic rings. The average molecular weight is 393 g/mol. The zero-order chi connectivity index (χ0) is 18.7. The van der Waals surface area contributed by atoms with Crippen molar-refractivity contribution in [2.24, 2.45) is 0 Å². The van der Waals surface area contributed by atoms with E-state index in [1.54, 1.807) is 18.3 Å². The van der Waals surface area contributed by atoms with Crippen LogP contribution in [-0.4, -0.2) is 31.7 Å². The van der Waals surface area contributed by atoms with Gasteiger partial charge in [0, 0.05) is 33.8 Å². The van der Waals surface area contributed by atoms with Crippen LogP contribution in [0.3, 0.4) is 0 Å². The topological polar surface area (TPSA) is 76.9 Å². The second kappa shape index (κ2) is 8.35. The highest BCUT2D eigenvalue weighted by Gasteiger charge is 2.24. The summed E-state index contributed by atoms with van der Waals surface area (Å²) in [6.07, 6.45) is 4.07. The van der Waals surface area contributed by atoms with Crippen molar-refractivity contribution in [2.45, 2.75) is 68.6 Å². The van der Waals surface area contributed by atoms with E-state index in [1.807, 2.05) is 31.7 Å². The van der Waals surface area contributed by atoms with Gasteiger partial charge in [-0.15, -0.1) is 11.3 Å². The van der Waals surface area contributed by atoms with Crippen LogP contribution in [0.15, 0.2) is 20.6 Å². The first-order valence-corrected chi connectivity index (χ1v) is 10.6. The molecule has 6 nitrogen and oxygen atoms in total. The average Bonchev–Trinajstić information content (AvgIpc) is 2.98. The number of thiazole rings is 1. The maximum atomic E-state index is 12.3. The number of nitrogens with one attached hydrogen (secondary N) is 1. The van der Waals surface area contributed by atoms with Gasteiger partial charge in [-0.1, -0.05) is 11.8 Å². The highest BCUT2D eigenvalue weighted by Crippen LogP contribution is 2.35. The Morgan fingerprint density at radius 1 is 1.23 bits per heavy atom. The molecule has 0 radical (unpaired) electrons. The normalized spacial score (nSPS) is 20.1. The quantitative estimate of drug-likeness (QED) is 0.847. The number of hydrogen-bond acceptors (Lipinski definition) is 6. The number of aryl methyl sites for hydroxylation is 3. The van der Waals surface area contributed by atoms with Crippen LogP contribution in [0.25, 0.3) is 0 Å². The maximum Gasteiger partial charge on any atom is 0.348 e. The summed E-state index contributed by atoms with van der Waals surface area (Å²) in [5.74, 6) is -0.118. The van der Waals surface area contributed by atoms with E-state index in [4.69, 9.17) is 0 Å². The lowest BCUT2D eigenvalue weighted by molar-refractivity contribution is -0.122. The van der Waals surface area contributed by atoms with Crippen LogP contribution in [0.5, 0.6) is 0 Å². The third-order valence-electron chi connectivity index (χ3n) is 4.55. The van der Waals surface area contributed by atoms with E-state index in [0.29, 0.717) is 10.9 Å². The Morgan fingerprint density at radius 2 is 1.96 bits per heavy atom. The fraction of sp³-hybridized carbons (Fsp3) is 0.556. The van der Waals surface area contributed by atoms with E-state index in [-0.39, 0.29) is 24.2 Å². The predicted molar refractivity (Wildman–Crippen MR) is 105 cm³/mol. The largest absolute Gasteiger partial charge is 0.352 e. The van der Waals surface area contributed by atoms with E-state index in [0.717, 1.165) is 41.4 Å². The smallest absolute Gasteiger partial charge is 0.348 e. The molecule has 0 aromatic carbocycles. The predicted octanol–water partition coefficient (Wildman–Crippen LogP) is 2.84. The Bertz CT molecular complexity index is 838. The Kier molecular flexibility index (Phi) is 6.13. The Balaban J connectivity index is 1.48. The lowest BCUT2D eigenvalue weighted by Crippen LogP contribution is -2.41. The lowest BCUT2D eigenvalue weighted by atomic mass is 9.95. The summed E-state index contributed by atoms with van der Waals surface area (Å²) in [6.45, 7) is 5.66. The fourth-order valence-electron chi connectivity index (χ4n) is 3.24. The van der Waals surface area contributed by atoms with Gasteiger partial charge in [0.15, 0.2) is 0 Å². The first-order chi connectivity index (χ1) is 12.4. The number of amides is 1. The minimum atomic E-state index is -0.364. The van der Waals surface area contributed by atoms with Crippen LogP contribution >= 0.6 is 23.1 Å². The number of thioether (sulfide) groups is 1. The van der Waals surface area contributed by atoms with Crippen molar-refractivity contribution in [3.63, 3.8) is 0 Å². The van der Waals surface area contributed by atoms with Crippen molar-refractivity contribution in [3.8, 4) is 0 Å². The van der Waals surface area contributed by atoms with Gasteiger partial charge in [0.1, 0.15) is 10.9 Å². The van der Waals surface area contributed by atoms with Crippen LogP contribution in [0.2, 0.25) is 0 Å². The van der Waals surface area contributed by atoms with Crippen LogP contribution in [0.1, 0.15) is 42.8 Å². The summed E-state index contributed by atoms with van der Waals surface area (Å²) in [5, 5.41) is 5.73. The zero-order valence-electron chi connectivity index (χ0n) is 15.3. The van der Waals surface area contributed by atoms with E-state index in [1.165, 1.54) is 4.57 Å². The summed E-state index contributed by atoms with van der Waals surface area (Å²) in [7, 11) is 0. The van der Waals surface area contributed by atoms with E-state index in [9.17, 15) is 9.59 Å². The fourth-order valence-corrected chi connectivity index (χ4v) is 5.52. The van der Waals surface area contributed by atoms with Crippen molar-refractivity contribution in [1.82, 2.24) is 19.9 Å². The Hall–Kier alpha value is -1.67. The van der Waals surface area contributed by atoms with Crippen molar-refractivity contribution >= 4 is 29.0 Å². The summed E-state index contributed by atoms with van der Waals surface area (Å²) in [6, 6.07) is 2.00. The standard InChI is InChI=1S/C18H24N4O2S2/c1-11-8-13(3)22(17(24)19-11)9-16(23)21-14-4-6-15(7-5-14)26-18-20-12(2)10-25-18/h8,10,14-15H,4-7,9H2,1-3H3,(H,21,23). The molecule has 0 spiro atoms. The minimum absolute atomic E-state index is 0.0328. The molecule has 0 unspecified atom stereocenters. The Labute approximate surface area is 161 Å². The summed E-state index contributed by atoms with van der Waals surface area (Å²) >= 11 is 3.56. The van der Waals surface area contributed by atoms with E-state index < -0.39 is 0 Å². The van der Waals surface area contributed by atoms with E-state index in [2.05, 4.69) is 20.7 Å². The van der Waals surface area contributed by atoms with Crippen LogP contribution in [0, 0.1) is 20.8 Å². The van der Waals surface area contributed by atoms with Crippen LogP contribution in [-0.2, 0) is 11.3 Å². The van der Waals surface area contributed by atoms with Gasteiger partial charge in [0.25, 0.3) is 0 Å². The number of carbonyl (C=O) groups is 1. The third-order valence-corrected chi connectivity index (χ3v) is 6.98. The summed E-state index contributed by atoms with van der Waals surface area (Å²) in [5.41, 5.74) is 2.15. The molecule has 0 atom stereocenters. The number of aromatic nitrogens is 3. The molecule has 2 aromatic heterocycles. The summed E-state index contributed by atoms with van der Waals surface area (Å²) in [4.78, 5) is 32.7. The van der Waals surface area contributed by atoms with Gasteiger partial charge in [-0.25, -0.2) is 9.78 Å². The molecule has 1 amide bonds. The van der Waals surface area contributed by atoms with Gasteiger partial charge >= 0.3 is 5.69 Å². The maximum absolute atomic E-state index is 12.3. The summed E-state index contributed by atoms with van der Waals surface area (Å²) < 4.78 is 2.56. The monoisotopic (exact) mass is 392 g/mol. The lowest BCUT2D eigenvalue weighted by Gasteiger charge is -2.28. The van der Waals surface area contributed by atoms with Gasteiger partial charge in [-0.2, -0.15) is 4.98 Å². The number of hydrogen-bond donors (Lipinski definition) is 1. The molecule has 0 saturated heterocycles. The van der Waals surface area contributed by atoms with Crippen LogP contribution in [0.4, 0.5) is 0 Å². The molecular weight excluding hydrogens is 368 g/mol. The van der Waals surface area contributed by atoms with Crippen molar-refractivity contribution in [3.05, 3.63) is 39.0 Å². The molecular formula is C18H24N4O2S2.